The van der Waals surface area contributed by atoms with Crippen molar-refractivity contribution in [3.8, 4) is 6.07 Å². The average Bonchev–Trinajstić information content (AvgIpc) is 2.32. The van der Waals surface area contributed by atoms with E-state index < -0.39 is 5.82 Å². The van der Waals surface area contributed by atoms with Gasteiger partial charge in [0.2, 0.25) is 0 Å². The standard InChI is InChI=1S/C13H15FN2O/c1-9-8-16(5-4-13(9)17)11-3-2-10(7-15)12(14)6-11/h2-3,6,9,13,17H,4-5,8H2,1H3. The molecule has 1 aromatic carbocycles. The molecule has 2 rings (SSSR count). The molecule has 0 saturated carbocycles. The first-order valence-electron chi connectivity index (χ1n) is 5.74. The van der Waals surface area contributed by atoms with E-state index in [1.807, 2.05) is 17.9 Å². The number of halogens is 1. The number of benzene rings is 1. The van der Waals surface area contributed by atoms with Gasteiger partial charge in [0.25, 0.3) is 0 Å². The van der Waals surface area contributed by atoms with Gasteiger partial charge in [-0.25, -0.2) is 4.39 Å². The van der Waals surface area contributed by atoms with Gasteiger partial charge < -0.3 is 10.0 Å². The van der Waals surface area contributed by atoms with Gasteiger partial charge in [0, 0.05) is 18.8 Å². The summed E-state index contributed by atoms with van der Waals surface area (Å²) >= 11 is 0. The lowest BCUT2D eigenvalue weighted by Gasteiger charge is -2.36. The molecule has 1 aromatic rings. The Kier molecular flexibility index (Phi) is 3.30. The minimum Gasteiger partial charge on any atom is -0.393 e. The smallest absolute Gasteiger partial charge is 0.143 e. The van der Waals surface area contributed by atoms with Crippen LogP contribution in [0.3, 0.4) is 0 Å². The van der Waals surface area contributed by atoms with Crippen LogP contribution in [0.15, 0.2) is 18.2 Å². The van der Waals surface area contributed by atoms with Crippen LogP contribution in [0.4, 0.5) is 10.1 Å². The Balaban J connectivity index is 2.18. The van der Waals surface area contributed by atoms with E-state index in [1.54, 1.807) is 6.07 Å². The van der Waals surface area contributed by atoms with Crippen LogP contribution in [-0.2, 0) is 0 Å². The van der Waals surface area contributed by atoms with Gasteiger partial charge in [0.15, 0.2) is 0 Å². The number of hydrogen-bond donors (Lipinski definition) is 1. The van der Waals surface area contributed by atoms with Gasteiger partial charge in [-0.05, 0) is 30.5 Å². The molecule has 90 valence electrons. The Morgan fingerprint density at radius 2 is 2.29 bits per heavy atom. The zero-order valence-electron chi connectivity index (χ0n) is 9.73. The van der Waals surface area contributed by atoms with Crippen molar-refractivity contribution in [3.63, 3.8) is 0 Å². The van der Waals surface area contributed by atoms with E-state index in [0.29, 0.717) is 13.0 Å². The molecule has 2 unspecified atom stereocenters. The molecule has 0 aromatic heterocycles. The fourth-order valence-corrected chi connectivity index (χ4v) is 2.16. The Labute approximate surface area is 100 Å². The summed E-state index contributed by atoms with van der Waals surface area (Å²) in [5.74, 6) is -0.300. The molecular weight excluding hydrogens is 219 g/mol. The van der Waals surface area contributed by atoms with Crippen LogP contribution in [0, 0.1) is 23.1 Å². The summed E-state index contributed by atoms with van der Waals surface area (Å²) in [6, 6.07) is 6.46. The topological polar surface area (TPSA) is 47.3 Å². The Bertz CT molecular complexity index is 455. The van der Waals surface area contributed by atoms with Crippen molar-refractivity contribution in [2.24, 2.45) is 5.92 Å². The van der Waals surface area contributed by atoms with Crippen LogP contribution in [0.5, 0.6) is 0 Å². The van der Waals surface area contributed by atoms with Crippen LogP contribution in [-0.4, -0.2) is 24.3 Å². The minimum absolute atomic E-state index is 0.0684. The molecule has 3 nitrogen and oxygen atoms in total. The monoisotopic (exact) mass is 234 g/mol. The average molecular weight is 234 g/mol. The van der Waals surface area contributed by atoms with E-state index in [2.05, 4.69) is 0 Å². The van der Waals surface area contributed by atoms with E-state index in [9.17, 15) is 9.50 Å². The largest absolute Gasteiger partial charge is 0.393 e. The summed E-state index contributed by atoms with van der Waals surface area (Å²) in [6.45, 7) is 3.42. The maximum Gasteiger partial charge on any atom is 0.143 e. The summed E-state index contributed by atoms with van der Waals surface area (Å²) in [6.07, 6.45) is 0.428. The number of nitrogens with zero attached hydrogens (tertiary/aromatic N) is 2. The van der Waals surface area contributed by atoms with Crippen molar-refractivity contribution in [2.75, 3.05) is 18.0 Å². The van der Waals surface area contributed by atoms with Crippen molar-refractivity contribution in [2.45, 2.75) is 19.4 Å². The predicted molar refractivity (Wildman–Crippen MR) is 63.1 cm³/mol. The molecule has 1 saturated heterocycles. The predicted octanol–water partition coefficient (Wildman–Crippen LogP) is 1.90. The molecule has 0 aliphatic carbocycles. The zero-order chi connectivity index (χ0) is 12.4. The molecule has 2 atom stereocenters. The molecule has 1 aliphatic rings. The van der Waals surface area contributed by atoms with E-state index in [-0.39, 0.29) is 17.6 Å². The number of rotatable bonds is 1. The third kappa shape index (κ3) is 2.40. The summed E-state index contributed by atoms with van der Waals surface area (Å²) in [7, 11) is 0. The van der Waals surface area contributed by atoms with Gasteiger partial charge in [0.05, 0.1) is 11.7 Å². The van der Waals surface area contributed by atoms with Crippen LogP contribution in [0.25, 0.3) is 0 Å². The van der Waals surface area contributed by atoms with Crippen molar-refractivity contribution < 1.29 is 9.50 Å². The second-order valence-electron chi connectivity index (χ2n) is 4.56. The van der Waals surface area contributed by atoms with Crippen LogP contribution in [0.2, 0.25) is 0 Å². The summed E-state index contributed by atoms with van der Waals surface area (Å²) in [5, 5.41) is 18.3. The van der Waals surface area contributed by atoms with Gasteiger partial charge in [-0.1, -0.05) is 6.92 Å². The number of piperidine rings is 1. The lowest BCUT2D eigenvalue weighted by molar-refractivity contribution is 0.0971. The van der Waals surface area contributed by atoms with Crippen LogP contribution < -0.4 is 4.90 Å². The molecule has 1 heterocycles. The second kappa shape index (κ2) is 4.72. The van der Waals surface area contributed by atoms with Crippen molar-refractivity contribution >= 4 is 5.69 Å². The highest BCUT2D eigenvalue weighted by molar-refractivity contribution is 5.50. The van der Waals surface area contributed by atoms with Gasteiger partial charge >= 0.3 is 0 Å². The summed E-state index contributed by atoms with van der Waals surface area (Å²) in [5.41, 5.74) is 0.846. The lowest BCUT2D eigenvalue weighted by atomic mass is 9.96. The molecule has 0 spiro atoms. The van der Waals surface area contributed by atoms with E-state index in [4.69, 9.17) is 5.26 Å². The lowest BCUT2D eigenvalue weighted by Crippen LogP contribution is -2.42. The van der Waals surface area contributed by atoms with Gasteiger partial charge in [-0.15, -0.1) is 0 Å². The molecule has 1 N–H and O–H groups in total. The normalized spacial score (nSPS) is 24.5. The van der Waals surface area contributed by atoms with Crippen LogP contribution >= 0.6 is 0 Å². The zero-order valence-corrected chi connectivity index (χ0v) is 9.73. The number of anilines is 1. The molecule has 1 aliphatic heterocycles. The number of aliphatic hydroxyl groups is 1. The summed E-state index contributed by atoms with van der Waals surface area (Å²) < 4.78 is 13.5. The molecule has 4 heteroatoms. The number of nitriles is 1. The molecule has 0 amide bonds. The fraction of sp³-hybridized carbons (Fsp3) is 0.462. The highest BCUT2D eigenvalue weighted by atomic mass is 19.1. The third-order valence-corrected chi connectivity index (χ3v) is 3.30. The van der Waals surface area contributed by atoms with Gasteiger partial charge in [-0.2, -0.15) is 5.26 Å². The third-order valence-electron chi connectivity index (χ3n) is 3.30. The Morgan fingerprint density at radius 3 is 2.88 bits per heavy atom. The first-order valence-corrected chi connectivity index (χ1v) is 5.74. The van der Waals surface area contributed by atoms with E-state index >= 15 is 0 Å². The second-order valence-corrected chi connectivity index (χ2v) is 4.56. The molecule has 17 heavy (non-hydrogen) atoms. The van der Waals surface area contributed by atoms with Crippen LogP contribution in [0.1, 0.15) is 18.9 Å². The Morgan fingerprint density at radius 1 is 1.53 bits per heavy atom. The van der Waals surface area contributed by atoms with Crippen molar-refractivity contribution in [1.29, 1.82) is 5.26 Å². The maximum absolute atomic E-state index is 13.5. The van der Waals surface area contributed by atoms with Crippen molar-refractivity contribution in [1.82, 2.24) is 0 Å². The molecular formula is C13H15FN2O. The number of aliphatic hydroxyl groups excluding tert-OH is 1. The quantitative estimate of drug-likeness (QED) is 0.807. The first kappa shape index (κ1) is 11.9. The minimum atomic E-state index is -0.483. The highest BCUT2D eigenvalue weighted by Gasteiger charge is 2.24. The SMILES string of the molecule is CC1CN(c2ccc(C#N)c(F)c2)CCC1O. The number of hydrogen-bond acceptors (Lipinski definition) is 3. The molecule has 1 fully saturated rings. The molecule has 0 radical (unpaired) electrons. The highest BCUT2D eigenvalue weighted by Crippen LogP contribution is 2.24. The Hall–Kier alpha value is -1.60. The first-order chi connectivity index (χ1) is 8.11. The van der Waals surface area contributed by atoms with Gasteiger partial charge in [-0.3, -0.25) is 0 Å². The fourth-order valence-electron chi connectivity index (χ4n) is 2.16. The van der Waals surface area contributed by atoms with E-state index in [1.165, 1.54) is 12.1 Å². The van der Waals surface area contributed by atoms with Gasteiger partial charge in [0.1, 0.15) is 11.9 Å². The maximum atomic E-state index is 13.5. The van der Waals surface area contributed by atoms with Crippen molar-refractivity contribution in [3.05, 3.63) is 29.6 Å². The molecule has 0 bridgehead atoms. The van der Waals surface area contributed by atoms with E-state index in [0.717, 1.165) is 12.2 Å². The summed E-state index contributed by atoms with van der Waals surface area (Å²) in [4.78, 5) is 2.04.